The molecular weight excluding hydrogens is 308 g/mol. The van der Waals surface area contributed by atoms with E-state index in [4.69, 9.17) is 11.6 Å². The van der Waals surface area contributed by atoms with Crippen LogP contribution in [0.15, 0.2) is 11.4 Å². The predicted octanol–water partition coefficient (Wildman–Crippen LogP) is 2.32. The Labute approximate surface area is 134 Å². The average molecular weight is 329 g/mol. The molecule has 4 nitrogen and oxygen atoms in total. The van der Waals surface area contributed by atoms with Gasteiger partial charge in [0.25, 0.3) is 5.91 Å². The number of hydrogen-bond acceptors (Lipinski definition) is 4. The lowest BCUT2D eigenvalue weighted by molar-refractivity contribution is 0.0411. The zero-order chi connectivity index (χ0) is 14.8. The highest BCUT2D eigenvalue weighted by Crippen LogP contribution is 2.32. The minimum absolute atomic E-state index is 0.0315. The summed E-state index contributed by atoms with van der Waals surface area (Å²) in [5.74, 6) is 0.865. The molecule has 1 N–H and O–H groups in total. The maximum Gasteiger partial charge on any atom is 0.265 e. The van der Waals surface area contributed by atoms with E-state index < -0.39 is 0 Å². The molecule has 3 rings (SSSR count). The van der Waals surface area contributed by atoms with Gasteiger partial charge in [0.15, 0.2) is 0 Å². The van der Waals surface area contributed by atoms with Crippen molar-refractivity contribution in [1.82, 2.24) is 9.80 Å². The van der Waals surface area contributed by atoms with E-state index in [1.807, 2.05) is 10.3 Å². The molecule has 2 aliphatic rings. The maximum absolute atomic E-state index is 12.5. The molecule has 21 heavy (non-hydrogen) atoms. The monoisotopic (exact) mass is 328 g/mol. The van der Waals surface area contributed by atoms with Crippen molar-refractivity contribution in [2.24, 2.45) is 5.92 Å². The summed E-state index contributed by atoms with van der Waals surface area (Å²) >= 11 is 7.47. The topological polar surface area (TPSA) is 43.8 Å². The largest absolute Gasteiger partial charge is 0.396 e. The lowest BCUT2D eigenvalue weighted by atomic mass is 10.1. The molecule has 0 unspecified atom stereocenters. The van der Waals surface area contributed by atoms with E-state index in [1.165, 1.54) is 24.2 Å². The number of thiophene rings is 1. The van der Waals surface area contributed by atoms with Gasteiger partial charge in [0.1, 0.15) is 4.88 Å². The molecule has 0 spiro atoms. The zero-order valence-electron chi connectivity index (χ0n) is 12.0. The molecule has 1 aromatic heterocycles. The van der Waals surface area contributed by atoms with Gasteiger partial charge >= 0.3 is 0 Å². The summed E-state index contributed by atoms with van der Waals surface area (Å²) in [5.41, 5.74) is 0. The van der Waals surface area contributed by atoms with Crippen LogP contribution in [-0.4, -0.2) is 59.6 Å². The molecule has 2 fully saturated rings. The van der Waals surface area contributed by atoms with Gasteiger partial charge in [-0.05, 0) is 36.6 Å². The lowest BCUT2D eigenvalue weighted by Crippen LogP contribution is -2.55. The third kappa shape index (κ3) is 3.59. The summed E-state index contributed by atoms with van der Waals surface area (Å²) in [6, 6.07) is 2.04. The second-order valence-electron chi connectivity index (χ2n) is 5.95. The van der Waals surface area contributed by atoms with Gasteiger partial charge in [-0.2, -0.15) is 0 Å². The smallest absolute Gasteiger partial charge is 0.265 e. The van der Waals surface area contributed by atoms with Crippen LogP contribution in [0.3, 0.4) is 0 Å². The lowest BCUT2D eigenvalue weighted by Gasteiger charge is -2.41. The second-order valence-corrected chi connectivity index (χ2v) is 7.28. The fourth-order valence-electron chi connectivity index (χ4n) is 2.96. The van der Waals surface area contributed by atoms with Crippen LogP contribution in [0.4, 0.5) is 0 Å². The van der Waals surface area contributed by atoms with Gasteiger partial charge in [-0.25, -0.2) is 0 Å². The number of hydrogen-bond donors (Lipinski definition) is 1. The first-order valence-electron chi connectivity index (χ1n) is 7.56. The van der Waals surface area contributed by atoms with Crippen LogP contribution in [-0.2, 0) is 0 Å². The number of amides is 1. The molecule has 1 aliphatic heterocycles. The minimum atomic E-state index is 0.0315. The molecule has 1 saturated carbocycles. The summed E-state index contributed by atoms with van der Waals surface area (Å²) in [6.45, 7) is 3.64. The van der Waals surface area contributed by atoms with Crippen LogP contribution in [0.5, 0.6) is 0 Å². The van der Waals surface area contributed by atoms with Crippen LogP contribution in [0.1, 0.15) is 28.9 Å². The van der Waals surface area contributed by atoms with Gasteiger partial charge < -0.3 is 10.0 Å². The van der Waals surface area contributed by atoms with Crippen molar-refractivity contribution in [2.75, 3.05) is 32.8 Å². The summed E-state index contributed by atoms with van der Waals surface area (Å²) in [4.78, 5) is 17.5. The number of aliphatic hydroxyl groups excluding tert-OH is 1. The number of rotatable bonds is 5. The van der Waals surface area contributed by atoms with Crippen LogP contribution >= 0.6 is 22.9 Å². The number of carbonyl (C=O) groups is 1. The Morgan fingerprint density at radius 3 is 2.86 bits per heavy atom. The molecule has 116 valence electrons. The first-order chi connectivity index (χ1) is 10.2. The highest BCUT2D eigenvalue weighted by molar-refractivity contribution is 7.12. The standard InChI is InChI=1S/C15H21ClN2O2S/c16-13-4-8-21-14(13)15(20)18-6-5-17(9-11-1-2-11)12(10-18)3-7-19/h4,8,11-12,19H,1-3,5-7,9-10H2/t12-/m0/s1. The molecule has 1 aromatic rings. The third-order valence-electron chi connectivity index (χ3n) is 4.36. The Morgan fingerprint density at radius 2 is 2.24 bits per heavy atom. The Hall–Kier alpha value is -0.620. The summed E-state index contributed by atoms with van der Waals surface area (Å²) in [5, 5.41) is 11.7. The zero-order valence-corrected chi connectivity index (χ0v) is 13.6. The Kier molecular flexibility index (Phi) is 4.84. The highest BCUT2D eigenvalue weighted by Gasteiger charge is 2.34. The summed E-state index contributed by atoms with van der Waals surface area (Å²) in [6.07, 6.45) is 3.39. The van der Waals surface area contributed by atoms with Crippen molar-refractivity contribution in [1.29, 1.82) is 0 Å². The molecule has 1 atom stereocenters. The average Bonchev–Trinajstić information content (AvgIpc) is 3.19. The number of nitrogens with zero attached hydrogens (tertiary/aromatic N) is 2. The molecule has 1 amide bonds. The minimum Gasteiger partial charge on any atom is -0.396 e. The number of carbonyl (C=O) groups excluding carboxylic acids is 1. The van der Waals surface area contributed by atoms with Crippen molar-refractivity contribution in [2.45, 2.75) is 25.3 Å². The van der Waals surface area contributed by atoms with E-state index in [0.29, 0.717) is 16.4 Å². The first kappa shape index (κ1) is 15.3. The van der Waals surface area contributed by atoms with Gasteiger partial charge in [-0.15, -0.1) is 11.3 Å². The Balaban J connectivity index is 1.65. The molecule has 0 radical (unpaired) electrons. The van der Waals surface area contributed by atoms with Crippen molar-refractivity contribution in [3.8, 4) is 0 Å². The van der Waals surface area contributed by atoms with Gasteiger partial charge in [0.05, 0.1) is 5.02 Å². The van der Waals surface area contributed by atoms with Crippen LogP contribution in [0, 0.1) is 5.92 Å². The van der Waals surface area contributed by atoms with E-state index >= 15 is 0 Å². The first-order valence-corrected chi connectivity index (χ1v) is 8.82. The molecule has 0 aromatic carbocycles. The third-order valence-corrected chi connectivity index (χ3v) is 5.68. The molecule has 6 heteroatoms. The molecule has 1 aliphatic carbocycles. The van der Waals surface area contributed by atoms with Crippen molar-refractivity contribution >= 4 is 28.8 Å². The molecule has 0 bridgehead atoms. The van der Waals surface area contributed by atoms with Gasteiger partial charge in [-0.1, -0.05) is 11.6 Å². The molecule has 1 saturated heterocycles. The summed E-state index contributed by atoms with van der Waals surface area (Å²) < 4.78 is 0. The molecule has 2 heterocycles. The van der Waals surface area contributed by atoms with E-state index in [9.17, 15) is 9.90 Å². The fourth-order valence-corrected chi connectivity index (χ4v) is 4.07. The van der Waals surface area contributed by atoms with E-state index in [0.717, 1.165) is 32.0 Å². The van der Waals surface area contributed by atoms with E-state index in [-0.39, 0.29) is 18.6 Å². The number of halogens is 1. The van der Waals surface area contributed by atoms with Gasteiger partial charge in [0.2, 0.25) is 0 Å². The Morgan fingerprint density at radius 1 is 1.43 bits per heavy atom. The molecular formula is C15H21ClN2O2S. The highest BCUT2D eigenvalue weighted by atomic mass is 35.5. The quantitative estimate of drug-likeness (QED) is 0.902. The van der Waals surface area contributed by atoms with Gasteiger partial charge in [-0.3, -0.25) is 9.69 Å². The second kappa shape index (κ2) is 6.65. The predicted molar refractivity (Wildman–Crippen MR) is 85.0 cm³/mol. The van der Waals surface area contributed by atoms with Crippen molar-refractivity contribution < 1.29 is 9.90 Å². The van der Waals surface area contributed by atoms with Crippen LogP contribution in [0.25, 0.3) is 0 Å². The van der Waals surface area contributed by atoms with Crippen molar-refractivity contribution in [3.05, 3.63) is 21.3 Å². The fraction of sp³-hybridized carbons (Fsp3) is 0.667. The van der Waals surface area contributed by atoms with Crippen LogP contribution < -0.4 is 0 Å². The van der Waals surface area contributed by atoms with Crippen LogP contribution in [0.2, 0.25) is 5.02 Å². The normalized spacial score (nSPS) is 23.5. The van der Waals surface area contributed by atoms with E-state index in [1.54, 1.807) is 6.07 Å². The number of aliphatic hydroxyl groups is 1. The number of piperazine rings is 1. The maximum atomic E-state index is 12.5. The summed E-state index contributed by atoms with van der Waals surface area (Å²) in [7, 11) is 0. The SMILES string of the molecule is O=C(c1sccc1Cl)N1CCN(CC2CC2)[C@@H](CCO)C1. The van der Waals surface area contributed by atoms with Gasteiger partial charge in [0, 0.05) is 38.8 Å². The van der Waals surface area contributed by atoms with Crippen molar-refractivity contribution in [3.63, 3.8) is 0 Å². The Bertz CT molecular complexity index is 504. The van der Waals surface area contributed by atoms with E-state index in [2.05, 4.69) is 4.90 Å².